The standard InChI is InChI=1S/C17H26N2O2/c1-4-21-17-6-5-14(13(2)20)11-15(17)12-19-9-7-16(18-3)8-10-19/h5-6,11,16,18H,4,7-10,12H2,1-3H3. The Morgan fingerprint density at radius 3 is 2.67 bits per heavy atom. The van der Waals surface area contributed by atoms with E-state index in [4.69, 9.17) is 4.74 Å². The lowest BCUT2D eigenvalue weighted by molar-refractivity contribution is 0.101. The van der Waals surface area contributed by atoms with Gasteiger partial charge in [-0.1, -0.05) is 0 Å². The molecule has 2 rings (SSSR count). The van der Waals surface area contributed by atoms with Gasteiger partial charge in [-0.05, 0) is 65.0 Å². The first-order chi connectivity index (χ1) is 10.1. The fourth-order valence-corrected chi connectivity index (χ4v) is 2.84. The van der Waals surface area contributed by atoms with Crippen molar-refractivity contribution in [3.63, 3.8) is 0 Å². The molecule has 1 N–H and O–H groups in total. The molecular weight excluding hydrogens is 264 g/mol. The second-order valence-corrected chi connectivity index (χ2v) is 5.65. The molecule has 0 spiro atoms. The minimum Gasteiger partial charge on any atom is -0.494 e. The maximum Gasteiger partial charge on any atom is 0.159 e. The topological polar surface area (TPSA) is 41.6 Å². The van der Waals surface area contributed by atoms with Crippen LogP contribution in [-0.2, 0) is 6.54 Å². The summed E-state index contributed by atoms with van der Waals surface area (Å²) in [6.07, 6.45) is 2.35. The number of hydrogen-bond donors (Lipinski definition) is 1. The zero-order chi connectivity index (χ0) is 15.2. The number of piperidine rings is 1. The smallest absolute Gasteiger partial charge is 0.159 e. The van der Waals surface area contributed by atoms with E-state index >= 15 is 0 Å². The van der Waals surface area contributed by atoms with Crippen molar-refractivity contribution in [2.24, 2.45) is 0 Å². The minimum absolute atomic E-state index is 0.105. The van der Waals surface area contributed by atoms with E-state index in [1.54, 1.807) is 6.92 Å². The Balaban J connectivity index is 2.09. The van der Waals surface area contributed by atoms with Crippen molar-refractivity contribution >= 4 is 5.78 Å². The summed E-state index contributed by atoms with van der Waals surface area (Å²) in [6, 6.07) is 6.40. The van der Waals surface area contributed by atoms with Crippen LogP contribution in [0.3, 0.4) is 0 Å². The van der Waals surface area contributed by atoms with Gasteiger partial charge >= 0.3 is 0 Å². The van der Waals surface area contributed by atoms with Gasteiger partial charge in [-0.2, -0.15) is 0 Å². The summed E-state index contributed by atoms with van der Waals surface area (Å²) >= 11 is 0. The zero-order valence-electron chi connectivity index (χ0n) is 13.3. The van der Waals surface area contributed by atoms with E-state index in [0.717, 1.165) is 36.5 Å². The Morgan fingerprint density at radius 1 is 1.38 bits per heavy atom. The van der Waals surface area contributed by atoms with Crippen molar-refractivity contribution in [2.75, 3.05) is 26.7 Å². The quantitative estimate of drug-likeness (QED) is 0.817. The monoisotopic (exact) mass is 290 g/mol. The first-order valence-corrected chi connectivity index (χ1v) is 7.80. The number of nitrogens with one attached hydrogen (secondary N) is 1. The van der Waals surface area contributed by atoms with E-state index in [0.29, 0.717) is 12.6 Å². The number of carbonyl (C=O) groups excluding carboxylic acids is 1. The lowest BCUT2D eigenvalue weighted by atomic mass is 10.0. The molecule has 0 amide bonds. The van der Waals surface area contributed by atoms with Gasteiger partial charge in [-0.3, -0.25) is 9.69 Å². The van der Waals surface area contributed by atoms with Crippen LogP contribution in [0.2, 0.25) is 0 Å². The van der Waals surface area contributed by atoms with Crippen LogP contribution in [-0.4, -0.2) is 43.5 Å². The largest absolute Gasteiger partial charge is 0.494 e. The molecule has 21 heavy (non-hydrogen) atoms. The van der Waals surface area contributed by atoms with Crippen LogP contribution >= 0.6 is 0 Å². The third-order valence-corrected chi connectivity index (χ3v) is 4.16. The summed E-state index contributed by atoms with van der Waals surface area (Å²) in [7, 11) is 2.03. The number of benzene rings is 1. The van der Waals surface area contributed by atoms with Crippen molar-refractivity contribution in [1.82, 2.24) is 10.2 Å². The number of carbonyl (C=O) groups is 1. The molecule has 4 nitrogen and oxygen atoms in total. The third kappa shape index (κ3) is 4.29. The van der Waals surface area contributed by atoms with Crippen LogP contribution in [0.4, 0.5) is 0 Å². The van der Waals surface area contributed by atoms with Crippen LogP contribution in [0.25, 0.3) is 0 Å². The normalized spacial score (nSPS) is 16.9. The highest BCUT2D eigenvalue weighted by molar-refractivity contribution is 5.94. The molecular formula is C17H26N2O2. The van der Waals surface area contributed by atoms with Crippen LogP contribution in [0.5, 0.6) is 5.75 Å². The average molecular weight is 290 g/mol. The fraction of sp³-hybridized carbons (Fsp3) is 0.588. The number of nitrogens with zero attached hydrogens (tertiary/aromatic N) is 1. The second-order valence-electron chi connectivity index (χ2n) is 5.65. The number of Topliss-reactive ketones (excluding diaryl/α,β-unsaturated/α-hetero) is 1. The van der Waals surface area contributed by atoms with Gasteiger partial charge in [0.05, 0.1) is 6.61 Å². The molecule has 0 radical (unpaired) electrons. The Hall–Kier alpha value is -1.39. The number of ketones is 1. The molecule has 0 aromatic heterocycles. The van der Waals surface area contributed by atoms with Gasteiger partial charge in [0.15, 0.2) is 5.78 Å². The lowest BCUT2D eigenvalue weighted by Crippen LogP contribution is -2.40. The summed E-state index contributed by atoms with van der Waals surface area (Å²) in [5.74, 6) is 1.01. The molecule has 0 bridgehead atoms. The van der Waals surface area contributed by atoms with Gasteiger partial charge in [-0.15, -0.1) is 0 Å². The minimum atomic E-state index is 0.105. The summed E-state index contributed by atoms with van der Waals surface area (Å²) in [4.78, 5) is 14.0. The van der Waals surface area contributed by atoms with E-state index in [2.05, 4.69) is 10.2 Å². The fourth-order valence-electron chi connectivity index (χ4n) is 2.84. The highest BCUT2D eigenvalue weighted by Crippen LogP contribution is 2.24. The molecule has 116 valence electrons. The van der Waals surface area contributed by atoms with Crippen LogP contribution < -0.4 is 10.1 Å². The summed E-state index contributed by atoms with van der Waals surface area (Å²) in [5, 5.41) is 3.35. The van der Waals surface area contributed by atoms with Crippen molar-refractivity contribution < 1.29 is 9.53 Å². The number of likely N-dealkylation sites (tertiary alicyclic amines) is 1. The van der Waals surface area contributed by atoms with E-state index in [-0.39, 0.29) is 5.78 Å². The van der Waals surface area contributed by atoms with Gasteiger partial charge in [0, 0.05) is 23.7 Å². The summed E-state index contributed by atoms with van der Waals surface area (Å²) in [5.41, 5.74) is 1.88. The Labute approximate surface area is 127 Å². The first-order valence-electron chi connectivity index (χ1n) is 7.80. The summed E-state index contributed by atoms with van der Waals surface area (Å²) in [6.45, 7) is 7.27. The third-order valence-electron chi connectivity index (χ3n) is 4.16. The zero-order valence-corrected chi connectivity index (χ0v) is 13.3. The molecule has 1 saturated heterocycles. The maximum atomic E-state index is 11.6. The van der Waals surface area contributed by atoms with Crippen molar-refractivity contribution in [3.8, 4) is 5.75 Å². The molecule has 0 unspecified atom stereocenters. The van der Waals surface area contributed by atoms with Crippen molar-refractivity contribution in [3.05, 3.63) is 29.3 Å². The van der Waals surface area contributed by atoms with E-state index in [9.17, 15) is 4.79 Å². The lowest BCUT2D eigenvalue weighted by Gasteiger charge is -2.32. The molecule has 1 aromatic rings. The van der Waals surface area contributed by atoms with E-state index in [1.807, 2.05) is 32.2 Å². The van der Waals surface area contributed by atoms with E-state index in [1.165, 1.54) is 12.8 Å². The molecule has 0 saturated carbocycles. The predicted molar refractivity (Wildman–Crippen MR) is 85.0 cm³/mol. The number of ether oxygens (including phenoxy) is 1. The molecule has 0 aliphatic carbocycles. The van der Waals surface area contributed by atoms with Gasteiger partial charge in [0.2, 0.25) is 0 Å². The van der Waals surface area contributed by atoms with Gasteiger partial charge in [0.25, 0.3) is 0 Å². The molecule has 1 heterocycles. The van der Waals surface area contributed by atoms with E-state index < -0.39 is 0 Å². The highest BCUT2D eigenvalue weighted by atomic mass is 16.5. The van der Waals surface area contributed by atoms with Crippen LogP contribution in [0.15, 0.2) is 18.2 Å². The summed E-state index contributed by atoms with van der Waals surface area (Å²) < 4.78 is 5.71. The SMILES string of the molecule is CCOc1ccc(C(C)=O)cc1CN1CCC(NC)CC1. The van der Waals surface area contributed by atoms with Gasteiger partial charge in [0.1, 0.15) is 5.75 Å². The molecule has 1 aromatic carbocycles. The average Bonchev–Trinajstić information content (AvgIpc) is 2.50. The molecule has 1 aliphatic rings. The van der Waals surface area contributed by atoms with Crippen molar-refractivity contribution in [1.29, 1.82) is 0 Å². The van der Waals surface area contributed by atoms with Crippen LogP contribution in [0.1, 0.15) is 42.6 Å². The first kappa shape index (κ1) is 16.0. The van der Waals surface area contributed by atoms with Gasteiger partial charge in [-0.25, -0.2) is 0 Å². The van der Waals surface area contributed by atoms with Crippen LogP contribution in [0, 0.1) is 0 Å². The number of rotatable bonds is 6. The number of hydrogen-bond acceptors (Lipinski definition) is 4. The molecule has 1 aliphatic heterocycles. The Morgan fingerprint density at radius 2 is 2.10 bits per heavy atom. The molecule has 1 fully saturated rings. The Kier molecular flexibility index (Phi) is 5.76. The predicted octanol–water partition coefficient (Wildman–Crippen LogP) is 2.47. The maximum absolute atomic E-state index is 11.6. The van der Waals surface area contributed by atoms with Crippen molar-refractivity contribution in [2.45, 2.75) is 39.3 Å². The second kappa shape index (κ2) is 7.57. The molecule has 0 atom stereocenters. The van der Waals surface area contributed by atoms with Gasteiger partial charge < -0.3 is 10.1 Å². The highest BCUT2D eigenvalue weighted by Gasteiger charge is 2.19. The Bertz CT molecular complexity index is 480. The molecule has 4 heteroatoms.